The van der Waals surface area contributed by atoms with E-state index in [0.717, 1.165) is 66.6 Å². The molecule has 10 nitrogen and oxygen atoms in total. The SMILES string of the molecule is Cc1ccc(-c2c3nc(c(-c4ccc(P(=O)(O)O)cc4)c4ccc([nH]4)c(-c4ccc(C)cc4)c4nc(c(-c5ccc(P(=O)(O)O)cc5)c5ccc2[nH]5)C=C4)C=C3)cc1. The number of aryl methyl sites for hydroxylation is 2. The third-order valence-electron chi connectivity index (χ3n) is 10.4. The second-order valence-corrected chi connectivity index (χ2v) is 17.6. The van der Waals surface area contributed by atoms with Crippen LogP contribution in [0.15, 0.2) is 121 Å². The molecule has 0 unspecified atom stereocenters. The number of hydrogen-bond donors (Lipinski definition) is 6. The van der Waals surface area contributed by atoms with Crippen LogP contribution in [0, 0.1) is 13.8 Å². The zero-order valence-corrected chi connectivity index (χ0v) is 33.0. The molecule has 58 heavy (non-hydrogen) atoms. The third kappa shape index (κ3) is 7.03. The summed E-state index contributed by atoms with van der Waals surface area (Å²) in [6, 6.07) is 37.0. The highest BCUT2D eigenvalue weighted by Gasteiger charge is 2.22. The fraction of sp³-hybridized carbons (Fsp3) is 0.0435. The lowest BCUT2D eigenvalue weighted by atomic mass is 10.0. The van der Waals surface area contributed by atoms with Gasteiger partial charge in [-0.25, -0.2) is 9.97 Å². The van der Waals surface area contributed by atoms with Gasteiger partial charge >= 0.3 is 15.2 Å². The zero-order valence-electron chi connectivity index (χ0n) is 31.3. The zero-order chi connectivity index (χ0) is 40.3. The molecular weight excluding hydrogens is 766 g/mol. The van der Waals surface area contributed by atoms with Crippen LogP contribution in [0.1, 0.15) is 33.9 Å². The van der Waals surface area contributed by atoms with Crippen LogP contribution in [0.3, 0.4) is 0 Å². The monoisotopic (exact) mass is 802 g/mol. The van der Waals surface area contributed by atoms with Crippen molar-refractivity contribution < 1.29 is 28.7 Å². The second-order valence-electron chi connectivity index (χ2n) is 14.4. The van der Waals surface area contributed by atoms with Gasteiger partial charge in [0.05, 0.1) is 33.4 Å². The maximum Gasteiger partial charge on any atom is 0.356 e. The van der Waals surface area contributed by atoms with Gasteiger partial charge in [-0.1, -0.05) is 83.9 Å². The average molecular weight is 803 g/mol. The quantitative estimate of drug-likeness (QED) is 0.0903. The summed E-state index contributed by atoms with van der Waals surface area (Å²) in [6.07, 6.45) is 7.84. The van der Waals surface area contributed by atoms with Crippen LogP contribution in [0.4, 0.5) is 0 Å². The average Bonchev–Trinajstić information content (AvgIpc) is 4.04. The molecule has 0 saturated carbocycles. The van der Waals surface area contributed by atoms with Crippen molar-refractivity contribution in [2.75, 3.05) is 0 Å². The Morgan fingerprint density at radius 3 is 0.862 bits per heavy atom. The number of H-pyrrole nitrogens is 2. The molecule has 286 valence electrons. The van der Waals surface area contributed by atoms with Crippen molar-refractivity contribution in [3.8, 4) is 44.5 Å². The van der Waals surface area contributed by atoms with E-state index >= 15 is 0 Å². The molecule has 0 spiro atoms. The number of benzene rings is 4. The van der Waals surface area contributed by atoms with Crippen LogP contribution in [0.2, 0.25) is 0 Å². The second kappa shape index (κ2) is 14.3. The summed E-state index contributed by atoms with van der Waals surface area (Å²) in [5.74, 6) is 0. The Morgan fingerprint density at radius 1 is 0.379 bits per heavy atom. The van der Waals surface area contributed by atoms with Gasteiger partial charge in [-0.15, -0.1) is 0 Å². The van der Waals surface area contributed by atoms with E-state index in [-0.39, 0.29) is 10.6 Å². The summed E-state index contributed by atoms with van der Waals surface area (Å²) < 4.78 is 24.3. The van der Waals surface area contributed by atoms with Gasteiger partial charge in [0.2, 0.25) is 0 Å². The van der Waals surface area contributed by atoms with Crippen molar-refractivity contribution in [2.24, 2.45) is 0 Å². The minimum atomic E-state index is -4.48. The number of fused-ring (bicyclic) bond motifs is 8. The van der Waals surface area contributed by atoms with Gasteiger partial charge in [0.1, 0.15) is 0 Å². The summed E-state index contributed by atoms with van der Waals surface area (Å²) in [6.45, 7) is 4.06. The van der Waals surface area contributed by atoms with Crippen molar-refractivity contribution in [3.05, 3.63) is 155 Å². The molecule has 7 aromatic rings. The van der Waals surface area contributed by atoms with Crippen molar-refractivity contribution >= 4 is 72.2 Å². The third-order valence-corrected chi connectivity index (χ3v) is 12.4. The summed E-state index contributed by atoms with van der Waals surface area (Å²) in [4.78, 5) is 57.4. The maximum absolute atomic E-state index is 12.2. The van der Waals surface area contributed by atoms with Crippen LogP contribution < -0.4 is 10.6 Å². The van der Waals surface area contributed by atoms with Gasteiger partial charge in [-0.05, 0) is 109 Å². The molecule has 6 N–H and O–H groups in total. The Morgan fingerprint density at radius 2 is 0.621 bits per heavy atom. The van der Waals surface area contributed by atoms with Gasteiger partial charge in [0, 0.05) is 44.3 Å². The highest BCUT2D eigenvalue weighted by Crippen LogP contribution is 2.40. The van der Waals surface area contributed by atoms with E-state index in [4.69, 9.17) is 9.97 Å². The molecule has 4 aromatic carbocycles. The molecular formula is C46H36N4O6P2. The van der Waals surface area contributed by atoms with E-state index in [0.29, 0.717) is 33.9 Å². The van der Waals surface area contributed by atoms with Gasteiger partial charge in [-0.3, -0.25) is 9.13 Å². The largest absolute Gasteiger partial charge is 0.356 e. The number of nitrogens with zero attached hydrogens (tertiary/aromatic N) is 2. The molecule has 8 bridgehead atoms. The maximum atomic E-state index is 12.2. The van der Waals surface area contributed by atoms with E-state index in [9.17, 15) is 28.7 Å². The van der Waals surface area contributed by atoms with Gasteiger partial charge in [-0.2, -0.15) is 0 Å². The molecule has 0 radical (unpaired) electrons. The highest BCUT2D eigenvalue weighted by molar-refractivity contribution is 7.60. The van der Waals surface area contributed by atoms with E-state index in [1.54, 1.807) is 24.3 Å². The van der Waals surface area contributed by atoms with Crippen LogP contribution in [-0.4, -0.2) is 39.5 Å². The van der Waals surface area contributed by atoms with Crippen LogP contribution in [0.25, 0.3) is 90.9 Å². The molecule has 0 fully saturated rings. The smallest absolute Gasteiger partial charge is 0.354 e. The first-order chi connectivity index (χ1) is 27.8. The fourth-order valence-corrected chi connectivity index (χ4v) is 8.58. The molecule has 0 amide bonds. The van der Waals surface area contributed by atoms with Crippen molar-refractivity contribution in [1.29, 1.82) is 0 Å². The highest BCUT2D eigenvalue weighted by atomic mass is 31.2. The molecule has 2 aliphatic rings. The number of hydrogen-bond acceptors (Lipinski definition) is 4. The molecule has 0 atom stereocenters. The number of rotatable bonds is 6. The lowest BCUT2D eigenvalue weighted by Gasteiger charge is -2.09. The number of aromatic amines is 2. The van der Waals surface area contributed by atoms with E-state index in [2.05, 4.69) is 34.2 Å². The first-order valence-corrected chi connectivity index (χ1v) is 21.7. The normalized spacial score (nSPS) is 12.7. The van der Waals surface area contributed by atoms with Crippen molar-refractivity contribution in [2.45, 2.75) is 13.8 Å². The lowest BCUT2D eigenvalue weighted by molar-refractivity contribution is 0.385. The standard InChI is InChI=1S/C46H36N4O6P2/c1-27-3-7-29(8-4-27)43-35-19-23-39(47-35)45(31-11-15-33(16-12-31)57(51,52)53)41-25-21-37(49-41)44(30-9-5-28(2)6-10-30)38-22-26-42(50-38)46(40-24-20-36(43)48-40)32-13-17-34(18-14-32)58(54,55)56/h3-26,47,50H,1-2H3,(H2,51,52,53)(H2,54,55,56). The number of aromatic nitrogens is 4. The Kier molecular flexibility index (Phi) is 9.22. The Balaban J connectivity index is 1.43. The van der Waals surface area contributed by atoms with Crippen LogP contribution >= 0.6 is 15.2 Å². The topological polar surface area (TPSA) is 172 Å². The minimum absolute atomic E-state index is 0.0760. The first-order valence-electron chi connectivity index (χ1n) is 18.4. The van der Waals surface area contributed by atoms with Crippen molar-refractivity contribution in [3.63, 3.8) is 0 Å². The summed E-state index contributed by atoms with van der Waals surface area (Å²) in [5.41, 5.74) is 14.4. The lowest BCUT2D eigenvalue weighted by Crippen LogP contribution is -2.02. The molecule has 2 aliphatic heterocycles. The van der Waals surface area contributed by atoms with Crippen molar-refractivity contribution in [1.82, 2.24) is 19.9 Å². The number of nitrogens with one attached hydrogen (secondary N) is 2. The van der Waals surface area contributed by atoms with Gasteiger partial charge in [0.15, 0.2) is 0 Å². The summed E-state index contributed by atoms with van der Waals surface area (Å²) in [7, 11) is -8.95. The molecule has 12 heteroatoms. The van der Waals surface area contributed by atoms with Gasteiger partial charge in [0.25, 0.3) is 0 Å². The Hall–Kier alpha value is -6.22. The van der Waals surface area contributed by atoms with E-state index < -0.39 is 15.2 Å². The predicted molar refractivity (Wildman–Crippen MR) is 233 cm³/mol. The Bertz CT molecular complexity index is 2890. The molecule has 3 aromatic heterocycles. The first kappa shape index (κ1) is 37.4. The Labute approximate surface area is 333 Å². The van der Waals surface area contributed by atoms with E-state index in [1.165, 1.54) is 24.3 Å². The molecule has 5 heterocycles. The fourth-order valence-electron chi connectivity index (χ4n) is 7.51. The molecule has 9 rings (SSSR count). The predicted octanol–water partition coefficient (Wildman–Crippen LogP) is 9.55. The summed E-state index contributed by atoms with van der Waals surface area (Å²) in [5, 5.41) is -0.152. The summed E-state index contributed by atoms with van der Waals surface area (Å²) >= 11 is 0. The van der Waals surface area contributed by atoms with E-state index in [1.807, 2.05) is 86.7 Å². The van der Waals surface area contributed by atoms with Crippen LogP contribution in [0.5, 0.6) is 0 Å². The molecule has 0 saturated heterocycles. The van der Waals surface area contributed by atoms with Crippen LogP contribution in [-0.2, 0) is 9.13 Å². The minimum Gasteiger partial charge on any atom is -0.354 e. The van der Waals surface area contributed by atoms with Gasteiger partial charge < -0.3 is 29.5 Å². The molecule has 0 aliphatic carbocycles.